The van der Waals surface area contributed by atoms with Gasteiger partial charge in [0.1, 0.15) is 0 Å². The van der Waals surface area contributed by atoms with E-state index < -0.39 is 0 Å². The van der Waals surface area contributed by atoms with Crippen molar-refractivity contribution in [2.75, 3.05) is 13.7 Å². The number of methoxy groups -OCH3 is 1. The van der Waals surface area contributed by atoms with Gasteiger partial charge in [0.05, 0.1) is 18.9 Å². The number of ether oxygens (including phenoxy) is 1. The van der Waals surface area contributed by atoms with Crippen LogP contribution in [0.5, 0.6) is 0 Å². The molecule has 0 saturated heterocycles. The zero-order valence-corrected chi connectivity index (χ0v) is 16.3. The number of carbonyl (C=O) groups is 2. The van der Waals surface area contributed by atoms with Gasteiger partial charge in [0.2, 0.25) is 5.91 Å². The number of esters is 1. The molecule has 0 radical (unpaired) electrons. The van der Waals surface area contributed by atoms with Crippen LogP contribution in [-0.2, 0) is 20.7 Å². The van der Waals surface area contributed by atoms with E-state index in [1.807, 2.05) is 25.1 Å². The summed E-state index contributed by atoms with van der Waals surface area (Å²) in [6.45, 7) is 2.31. The molecule has 3 N–H and O–H groups in total. The summed E-state index contributed by atoms with van der Waals surface area (Å²) in [6.07, 6.45) is 3.87. The number of halogens is 1. The van der Waals surface area contributed by atoms with Gasteiger partial charge < -0.3 is 15.8 Å². The first-order valence-electron chi connectivity index (χ1n) is 9.16. The van der Waals surface area contributed by atoms with Crippen molar-refractivity contribution in [2.24, 2.45) is 29.4 Å². The lowest BCUT2D eigenvalue weighted by atomic mass is 9.84. The summed E-state index contributed by atoms with van der Waals surface area (Å²) in [7, 11) is 1.39. The Morgan fingerprint density at radius 2 is 2.04 bits per heavy atom. The molecule has 0 aliphatic heterocycles. The quantitative estimate of drug-likeness (QED) is 0.741. The van der Waals surface area contributed by atoms with Gasteiger partial charge in [-0.1, -0.05) is 29.8 Å². The van der Waals surface area contributed by atoms with Crippen LogP contribution in [0.4, 0.5) is 0 Å². The second-order valence-electron chi connectivity index (χ2n) is 7.59. The Hall–Kier alpha value is -1.59. The second-order valence-corrected chi connectivity index (χ2v) is 7.59. The second kappa shape index (κ2) is 8.87. The van der Waals surface area contributed by atoms with Crippen LogP contribution in [0.15, 0.2) is 24.3 Å². The summed E-state index contributed by atoms with van der Waals surface area (Å²) in [5.41, 5.74) is 8.47. The number of carbonyl (C=O) groups excluding carboxylic acids is 2. The first-order chi connectivity index (χ1) is 12.0. The molecule has 0 spiro atoms. The summed E-state index contributed by atoms with van der Waals surface area (Å²) < 4.78 is 4.93. The molecule has 2 bridgehead atoms. The monoisotopic (exact) mass is 380 g/mol. The van der Waals surface area contributed by atoms with E-state index in [2.05, 4.69) is 11.4 Å². The highest BCUT2D eigenvalue weighted by Gasteiger charge is 2.49. The zero-order valence-electron chi connectivity index (χ0n) is 15.4. The fourth-order valence-electron chi connectivity index (χ4n) is 4.60. The molecule has 1 aromatic carbocycles. The Morgan fingerprint density at radius 1 is 1.31 bits per heavy atom. The van der Waals surface area contributed by atoms with Crippen molar-refractivity contribution in [1.82, 2.24) is 5.32 Å². The van der Waals surface area contributed by atoms with Gasteiger partial charge in [-0.2, -0.15) is 0 Å². The lowest BCUT2D eigenvalue weighted by Gasteiger charge is -2.27. The average Bonchev–Trinajstić information content (AvgIpc) is 3.18. The van der Waals surface area contributed by atoms with Crippen LogP contribution in [0.3, 0.4) is 0 Å². The van der Waals surface area contributed by atoms with Crippen molar-refractivity contribution in [3.63, 3.8) is 0 Å². The van der Waals surface area contributed by atoms with Gasteiger partial charge in [-0.25, -0.2) is 0 Å². The molecular formula is C20H29ClN2O3. The molecule has 5 nitrogen and oxygen atoms in total. The van der Waals surface area contributed by atoms with Gasteiger partial charge in [0, 0.05) is 12.6 Å². The first kappa shape index (κ1) is 20.7. The number of hydrogen-bond acceptors (Lipinski definition) is 4. The van der Waals surface area contributed by atoms with Crippen molar-refractivity contribution in [3.8, 4) is 0 Å². The van der Waals surface area contributed by atoms with Crippen molar-refractivity contribution in [1.29, 1.82) is 0 Å². The Kier molecular flexibility index (Phi) is 7.07. The maximum atomic E-state index is 12.6. The molecular weight excluding hydrogens is 352 g/mol. The molecule has 1 amide bonds. The van der Waals surface area contributed by atoms with E-state index in [-0.39, 0.29) is 42.2 Å². The van der Waals surface area contributed by atoms with Gasteiger partial charge in [-0.3, -0.25) is 9.59 Å². The highest BCUT2D eigenvalue weighted by Crippen LogP contribution is 2.47. The Morgan fingerprint density at radius 3 is 2.65 bits per heavy atom. The molecule has 5 atom stereocenters. The Labute approximate surface area is 161 Å². The summed E-state index contributed by atoms with van der Waals surface area (Å²) >= 11 is 0. The summed E-state index contributed by atoms with van der Waals surface area (Å²) in [6, 6.07) is 8.02. The van der Waals surface area contributed by atoms with Crippen molar-refractivity contribution in [2.45, 2.75) is 38.6 Å². The van der Waals surface area contributed by atoms with E-state index in [4.69, 9.17) is 10.5 Å². The molecule has 6 heteroatoms. The molecule has 0 aromatic heterocycles. The largest absolute Gasteiger partial charge is 0.469 e. The zero-order chi connectivity index (χ0) is 18.0. The van der Waals surface area contributed by atoms with Crippen molar-refractivity contribution < 1.29 is 14.3 Å². The van der Waals surface area contributed by atoms with E-state index in [0.29, 0.717) is 24.8 Å². The fraction of sp³-hybridized carbons (Fsp3) is 0.600. The Bertz CT molecular complexity index is 650. The highest BCUT2D eigenvalue weighted by molar-refractivity contribution is 5.85. The van der Waals surface area contributed by atoms with Crippen LogP contribution in [0, 0.1) is 30.6 Å². The Balaban J connectivity index is 0.00000243. The molecule has 2 saturated carbocycles. The van der Waals surface area contributed by atoms with E-state index in [1.165, 1.54) is 7.11 Å². The van der Waals surface area contributed by atoms with Crippen LogP contribution >= 0.6 is 12.4 Å². The molecule has 1 aromatic rings. The normalized spacial score (nSPS) is 27.5. The highest BCUT2D eigenvalue weighted by atomic mass is 35.5. The lowest BCUT2D eigenvalue weighted by Crippen LogP contribution is -2.47. The molecule has 26 heavy (non-hydrogen) atoms. The van der Waals surface area contributed by atoms with Gasteiger partial charge >= 0.3 is 5.97 Å². The van der Waals surface area contributed by atoms with Crippen LogP contribution in [0.2, 0.25) is 0 Å². The molecule has 2 fully saturated rings. The van der Waals surface area contributed by atoms with E-state index >= 15 is 0 Å². The number of amides is 1. The number of nitrogens with two attached hydrogens (primary N) is 1. The summed E-state index contributed by atoms with van der Waals surface area (Å²) in [4.78, 5) is 24.8. The molecule has 2 aliphatic carbocycles. The minimum atomic E-state index is -0.384. The fourth-order valence-corrected chi connectivity index (χ4v) is 4.60. The number of aryl methyl sites for hydroxylation is 1. The minimum absolute atomic E-state index is 0. The maximum Gasteiger partial charge on any atom is 0.310 e. The van der Waals surface area contributed by atoms with Crippen molar-refractivity contribution in [3.05, 3.63) is 35.4 Å². The van der Waals surface area contributed by atoms with Crippen molar-refractivity contribution >= 4 is 24.3 Å². The van der Waals surface area contributed by atoms with E-state index in [9.17, 15) is 9.59 Å². The number of rotatable bonds is 6. The van der Waals surface area contributed by atoms with E-state index in [1.54, 1.807) is 0 Å². The molecule has 3 rings (SSSR count). The third-order valence-corrected chi connectivity index (χ3v) is 5.91. The van der Waals surface area contributed by atoms with Crippen LogP contribution < -0.4 is 11.1 Å². The SMILES string of the molecule is COC(=O)C(CNC(=O)C1C2CCC(C2)C1N)Cc1cccc(C)c1.Cl. The maximum absolute atomic E-state index is 12.6. The van der Waals surface area contributed by atoms with Crippen LogP contribution in [0.1, 0.15) is 30.4 Å². The third-order valence-electron chi connectivity index (χ3n) is 5.91. The van der Waals surface area contributed by atoms with E-state index in [0.717, 1.165) is 30.4 Å². The smallest absolute Gasteiger partial charge is 0.310 e. The summed E-state index contributed by atoms with van der Waals surface area (Å²) in [5, 5.41) is 2.97. The average molecular weight is 381 g/mol. The van der Waals surface area contributed by atoms with Crippen LogP contribution in [0.25, 0.3) is 0 Å². The molecule has 0 heterocycles. The number of fused-ring (bicyclic) bond motifs is 2. The first-order valence-corrected chi connectivity index (χ1v) is 9.16. The minimum Gasteiger partial charge on any atom is -0.469 e. The predicted octanol–water partition coefficient (Wildman–Crippen LogP) is 2.24. The number of hydrogen-bond donors (Lipinski definition) is 2. The van der Waals surface area contributed by atoms with Crippen LogP contribution in [-0.4, -0.2) is 31.6 Å². The number of benzene rings is 1. The van der Waals surface area contributed by atoms with Gasteiger partial charge in [0.25, 0.3) is 0 Å². The molecule has 2 aliphatic rings. The lowest BCUT2D eigenvalue weighted by molar-refractivity contribution is -0.145. The van der Waals surface area contributed by atoms with Gasteiger partial charge in [0.15, 0.2) is 0 Å². The number of nitrogens with one attached hydrogen (secondary N) is 1. The summed E-state index contributed by atoms with van der Waals surface area (Å²) in [5.74, 6) is 0.122. The molecule has 5 unspecified atom stereocenters. The van der Waals surface area contributed by atoms with Gasteiger partial charge in [-0.05, 0) is 50.0 Å². The standard InChI is InChI=1S/C20H28N2O3.ClH/c1-12-4-3-5-13(8-12)9-16(20(24)25-2)11-22-19(23)17-14-6-7-15(10-14)18(17)21;/h3-5,8,14-18H,6-7,9-11,21H2,1-2H3,(H,22,23);1H. The topological polar surface area (TPSA) is 81.4 Å². The predicted molar refractivity (Wildman–Crippen MR) is 103 cm³/mol. The molecule has 144 valence electrons. The van der Waals surface area contributed by atoms with Gasteiger partial charge in [-0.15, -0.1) is 12.4 Å². The third kappa shape index (κ3) is 4.38.